The number of benzene rings is 1. The zero-order chi connectivity index (χ0) is 11.5. The molecule has 0 heterocycles. The van der Waals surface area contributed by atoms with Crippen molar-refractivity contribution in [3.8, 4) is 0 Å². The van der Waals surface area contributed by atoms with Crippen LogP contribution in [0.2, 0.25) is 0 Å². The highest BCUT2D eigenvalue weighted by molar-refractivity contribution is 5.75. The van der Waals surface area contributed by atoms with Crippen molar-refractivity contribution >= 4 is 5.78 Å². The fraction of sp³-hybridized carbons (Fsp3) is 0.364. The molecule has 0 aliphatic heterocycles. The first-order chi connectivity index (χ1) is 6.89. The predicted octanol–water partition coefficient (Wildman–Crippen LogP) is 3.23. The number of aryl methyl sites for hydroxylation is 1. The third-order valence-electron chi connectivity index (χ3n) is 2.05. The monoisotopic (exact) mass is 216 g/mol. The van der Waals surface area contributed by atoms with Gasteiger partial charge < -0.3 is 4.79 Å². The highest BCUT2D eigenvalue weighted by Gasteiger charge is 2.29. The van der Waals surface area contributed by atoms with E-state index in [9.17, 15) is 18.0 Å². The molecule has 15 heavy (non-hydrogen) atoms. The Balaban J connectivity index is 2.69. The highest BCUT2D eigenvalue weighted by atomic mass is 19.4. The molecule has 82 valence electrons. The van der Waals surface area contributed by atoms with E-state index in [4.69, 9.17) is 0 Å². The standard InChI is InChI=1S/C11H11F3O/c1-8(15)2-3-9-4-6-10(7-5-9)11(12,13)14/h4-7H,2-3H2,1H3. The maximum absolute atomic E-state index is 12.2. The molecule has 0 spiro atoms. The minimum atomic E-state index is -4.29. The number of ketones is 1. The Bertz CT molecular complexity index is 338. The molecule has 0 amide bonds. The molecule has 0 fully saturated rings. The van der Waals surface area contributed by atoms with Crippen LogP contribution >= 0.6 is 0 Å². The van der Waals surface area contributed by atoms with Crippen LogP contribution in [0.25, 0.3) is 0 Å². The minimum absolute atomic E-state index is 0.0369. The second kappa shape index (κ2) is 4.47. The van der Waals surface area contributed by atoms with Gasteiger partial charge in [0.2, 0.25) is 0 Å². The van der Waals surface area contributed by atoms with Crippen LogP contribution in [-0.2, 0) is 17.4 Å². The predicted molar refractivity (Wildman–Crippen MR) is 50.4 cm³/mol. The van der Waals surface area contributed by atoms with Crippen molar-refractivity contribution in [1.82, 2.24) is 0 Å². The van der Waals surface area contributed by atoms with Gasteiger partial charge >= 0.3 is 6.18 Å². The summed E-state index contributed by atoms with van der Waals surface area (Å²) in [6.45, 7) is 1.46. The zero-order valence-electron chi connectivity index (χ0n) is 8.27. The lowest BCUT2D eigenvalue weighted by Gasteiger charge is -2.06. The molecule has 1 aromatic carbocycles. The van der Waals surface area contributed by atoms with Gasteiger partial charge in [-0.2, -0.15) is 13.2 Å². The second-order valence-corrected chi connectivity index (χ2v) is 3.40. The summed E-state index contributed by atoms with van der Waals surface area (Å²) >= 11 is 0. The summed E-state index contributed by atoms with van der Waals surface area (Å²) < 4.78 is 36.5. The van der Waals surface area contributed by atoms with Crippen LogP contribution in [0.1, 0.15) is 24.5 Å². The van der Waals surface area contributed by atoms with Crippen LogP contribution in [-0.4, -0.2) is 5.78 Å². The number of carbonyl (C=O) groups excluding carboxylic acids is 1. The third-order valence-corrected chi connectivity index (χ3v) is 2.05. The average molecular weight is 216 g/mol. The Morgan fingerprint density at radius 3 is 2.13 bits per heavy atom. The van der Waals surface area contributed by atoms with E-state index in [0.29, 0.717) is 12.8 Å². The number of hydrogen-bond acceptors (Lipinski definition) is 1. The first-order valence-electron chi connectivity index (χ1n) is 4.55. The van der Waals surface area contributed by atoms with Crippen LogP contribution in [0.5, 0.6) is 0 Å². The van der Waals surface area contributed by atoms with Gasteiger partial charge in [-0.25, -0.2) is 0 Å². The largest absolute Gasteiger partial charge is 0.416 e. The van der Waals surface area contributed by atoms with Gasteiger partial charge in [-0.15, -0.1) is 0 Å². The maximum atomic E-state index is 12.2. The fourth-order valence-corrected chi connectivity index (χ4v) is 1.18. The van der Waals surface area contributed by atoms with Crippen molar-refractivity contribution in [3.05, 3.63) is 35.4 Å². The van der Waals surface area contributed by atoms with Crippen molar-refractivity contribution in [1.29, 1.82) is 0 Å². The van der Waals surface area contributed by atoms with Gasteiger partial charge in [0.1, 0.15) is 5.78 Å². The molecule has 1 aromatic rings. The smallest absolute Gasteiger partial charge is 0.300 e. The molecule has 0 unspecified atom stereocenters. The number of rotatable bonds is 3. The Hall–Kier alpha value is -1.32. The summed E-state index contributed by atoms with van der Waals surface area (Å²) in [5.74, 6) is 0.0369. The van der Waals surface area contributed by atoms with E-state index >= 15 is 0 Å². The summed E-state index contributed by atoms with van der Waals surface area (Å²) in [6, 6.07) is 4.89. The Morgan fingerprint density at radius 2 is 1.73 bits per heavy atom. The molecule has 0 aromatic heterocycles. The molecular formula is C11H11F3O. The van der Waals surface area contributed by atoms with E-state index in [1.165, 1.54) is 19.1 Å². The fourth-order valence-electron chi connectivity index (χ4n) is 1.18. The summed E-state index contributed by atoms with van der Waals surface area (Å²) in [5, 5.41) is 0. The summed E-state index contributed by atoms with van der Waals surface area (Å²) in [7, 11) is 0. The maximum Gasteiger partial charge on any atom is 0.416 e. The van der Waals surface area contributed by atoms with Crippen molar-refractivity contribution < 1.29 is 18.0 Å². The Morgan fingerprint density at radius 1 is 1.20 bits per heavy atom. The van der Waals surface area contributed by atoms with E-state index in [1.807, 2.05) is 0 Å². The zero-order valence-corrected chi connectivity index (χ0v) is 8.27. The average Bonchev–Trinajstić information content (AvgIpc) is 2.14. The van der Waals surface area contributed by atoms with Gasteiger partial charge in [-0.05, 0) is 31.0 Å². The van der Waals surface area contributed by atoms with Crippen LogP contribution in [0.3, 0.4) is 0 Å². The van der Waals surface area contributed by atoms with Gasteiger partial charge in [0, 0.05) is 6.42 Å². The molecule has 0 saturated heterocycles. The third kappa shape index (κ3) is 3.73. The molecule has 0 radical (unpaired) electrons. The van der Waals surface area contributed by atoms with Crippen molar-refractivity contribution in [3.63, 3.8) is 0 Å². The topological polar surface area (TPSA) is 17.1 Å². The molecule has 0 aliphatic carbocycles. The van der Waals surface area contributed by atoms with Gasteiger partial charge in [-0.1, -0.05) is 12.1 Å². The molecule has 0 aliphatic rings. The van der Waals surface area contributed by atoms with Crippen molar-refractivity contribution in [2.75, 3.05) is 0 Å². The quantitative estimate of drug-likeness (QED) is 0.758. The summed E-state index contributed by atoms with van der Waals surface area (Å²) in [5.41, 5.74) is 0.0901. The molecule has 1 nitrogen and oxygen atoms in total. The van der Waals surface area contributed by atoms with E-state index < -0.39 is 11.7 Å². The first-order valence-corrected chi connectivity index (χ1v) is 4.55. The van der Waals surface area contributed by atoms with Gasteiger partial charge in [0.05, 0.1) is 5.56 Å². The lowest BCUT2D eigenvalue weighted by atomic mass is 10.1. The van der Waals surface area contributed by atoms with E-state index in [1.54, 1.807) is 0 Å². The number of hydrogen-bond donors (Lipinski definition) is 0. The lowest BCUT2D eigenvalue weighted by molar-refractivity contribution is -0.137. The Kier molecular flexibility index (Phi) is 3.50. The summed E-state index contributed by atoms with van der Waals surface area (Å²) in [6.07, 6.45) is -3.43. The second-order valence-electron chi connectivity index (χ2n) is 3.40. The van der Waals surface area contributed by atoms with E-state index in [-0.39, 0.29) is 5.78 Å². The molecule has 0 saturated carbocycles. The van der Waals surface area contributed by atoms with Gasteiger partial charge in [-0.3, -0.25) is 0 Å². The Labute approximate surface area is 85.9 Å². The number of halogens is 3. The SMILES string of the molecule is CC(=O)CCc1ccc(C(F)(F)F)cc1. The minimum Gasteiger partial charge on any atom is -0.300 e. The van der Waals surface area contributed by atoms with E-state index in [0.717, 1.165) is 17.7 Å². The highest BCUT2D eigenvalue weighted by Crippen LogP contribution is 2.29. The van der Waals surface area contributed by atoms with Gasteiger partial charge in [0.25, 0.3) is 0 Å². The number of alkyl halides is 3. The van der Waals surface area contributed by atoms with Crippen LogP contribution < -0.4 is 0 Å². The summed E-state index contributed by atoms with van der Waals surface area (Å²) in [4.78, 5) is 10.7. The molecule has 4 heteroatoms. The van der Waals surface area contributed by atoms with Crippen molar-refractivity contribution in [2.24, 2.45) is 0 Å². The lowest BCUT2D eigenvalue weighted by Crippen LogP contribution is -2.04. The van der Waals surface area contributed by atoms with Crippen LogP contribution in [0.15, 0.2) is 24.3 Å². The van der Waals surface area contributed by atoms with Crippen LogP contribution in [0, 0.1) is 0 Å². The van der Waals surface area contributed by atoms with Crippen molar-refractivity contribution in [2.45, 2.75) is 25.9 Å². The normalized spacial score (nSPS) is 11.5. The van der Waals surface area contributed by atoms with Gasteiger partial charge in [0.15, 0.2) is 0 Å². The molecule has 0 bridgehead atoms. The molecule has 0 atom stereocenters. The molecular weight excluding hydrogens is 205 g/mol. The molecule has 0 N–H and O–H groups in total. The molecule has 1 rings (SSSR count). The number of Topliss-reactive ketones (excluding diaryl/α,β-unsaturated/α-hetero) is 1. The van der Waals surface area contributed by atoms with Crippen LogP contribution in [0.4, 0.5) is 13.2 Å². The first kappa shape index (κ1) is 11.8. The van der Waals surface area contributed by atoms with E-state index in [2.05, 4.69) is 0 Å². The number of carbonyl (C=O) groups is 1.